The molecule has 3 rings (SSSR count). The number of hydrogen-bond acceptors (Lipinski definition) is 5. The summed E-state index contributed by atoms with van der Waals surface area (Å²) in [5.74, 6) is 0.180. The Bertz CT molecular complexity index is 672. The first-order chi connectivity index (χ1) is 14.5. The van der Waals surface area contributed by atoms with Gasteiger partial charge in [0.2, 0.25) is 5.91 Å². The molecule has 0 spiro atoms. The molecule has 1 heterocycles. The first-order valence-corrected chi connectivity index (χ1v) is 11.0. The molecule has 1 amide bonds. The third kappa shape index (κ3) is 7.52. The average molecular weight is 424 g/mol. The summed E-state index contributed by atoms with van der Waals surface area (Å²) in [4.78, 5) is 11.0. The van der Waals surface area contributed by atoms with Crippen molar-refractivity contribution in [2.45, 2.75) is 83.3 Å². The van der Waals surface area contributed by atoms with Gasteiger partial charge in [0.1, 0.15) is 18.2 Å². The fraction of sp³-hybridized carbons (Fsp3) is 0.696. The molecule has 1 aliphatic carbocycles. The zero-order chi connectivity index (χ0) is 21.3. The molecule has 2 atom stereocenters. The molecule has 30 heavy (non-hydrogen) atoms. The van der Waals surface area contributed by atoms with Crippen molar-refractivity contribution in [3.8, 4) is 5.75 Å². The molecule has 1 saturated heterocycles. The van der Waals surface area contributed by atoms with Gasteiger partial charge < -0.3 is 24.3 Å². The molecule has 1 saturated carbocycles. The van der Waals surface area contributed by atoms with E-state index in [1.165, 1.54) is 13.0 Å². The summed E-state index contributed by atoms with van der Waals surface area (Å²) in [7, 11) is 0. The van der Waals surface area contributed by atoms with Crippen LogP contribution in [0.4, 0.5) is 4.39 Å². The molecule has 2 fully saturated rings. The maximum absolute atomic E-state index is 14.4. The molecule has 2 aliphatic rings. The zero-order valence-corrected chi connectivity index (χ0v) is 18.0. The molecule has 0 radical (unpaired) electrons. The van der Waals surface area contributed by atoms with Crippen LogP contribution >= 0.6 is 0 Å². The highest BCUT2D eigenvalue weighted by atomic mass is 19.1. The van der Waals surface area contributed by atoms with Gasteiger partial charge in [-0.2, -0.15) is 0 Å². The molecular weight excluding hydrogens is 389 g/mol. The lowest BCUT2D eigenvalue weighted by atomic mass is 9.95. The molecular formula is C23H34FNO5. The van der Waals surface area contributed by atoms with Gasteiger partial charge in [-0.05, 0) is 51.5 Å². The van der Waals surface area contributed by atoms with Crippen molar-refractivity contribution >= 4 is 5.91 Å². The summed E-state index contributed by atoms with van der Waals surface area (Å²) in [6.07, 6.45) is 6.09. The second-order valence-electron chi connectivity index (χ2n) is 8.34. The van der Waals surface area contributed by atoms with E-state index < -0.39 is 0 Å². The summed E-state index contributed by atoms with van der Waals surface area (Å²) in [5.41, 5.74) is 0.543. The standard InChI is InChI=1S/C23H34FNO5/c1-16(25-17(2)26)13-28-19-7-9-20(10-8-19)29-14-18-5-6-21(12-23(18)24)30-15-22-4-3-11-27-22/h5-6,12,16,19-20,22H,3-4,7-11,13-15H2,1-2H3,(H,25,26)/t16-,19?,20?,22+/m0/s1. The van der Waals surface area contributed by atoms with Crippen LogP contribution in [0.1, 0.15) is 57.9 Å². The van der Waals surface area contributed by atoms with Crippen LogP contribution in [0.3, 0.4) is 0 Å². The Morgan fingerprint density at radius 2 is 1.93 bits per heavy atom. The minimum atomic E-state index is -0.302. The van der Waals surface area contributed by atoms with Crippen LogP contribution in [-0.2, 0) is 25.6 Å². The van der Waals surface area contributed by atoms with Crippen molar-refractivity contribution < 1.29 is 28.1 Å². The van der Waals surface area contributed by atoms with E-state index in [1.807, 2.05) is 6.92 Å². The van der Waals surface area contributed by atoms with E-state index in [9.17, 15) is 9.18 Å². The summed E-state index contributed by atoms with van der Waals surface area (Å²) < 4.78 is 37.4. The number of carbonyl (C=O) groups excluding carboxylic acids is 1. The van der Waals surface area contributed by atoms with Gasteiger partial charge in [-0.3, -0.25) is 4.79 Å². The first kappa shape index (κ1) is 23.0. The predicted molar refractivity (Wildman–Crippen MR) is 111 cm³/mol. The lowest BCUT2D eigenvalue weighted by Gasteiger charge is -2.29. The Morgan fingerprint density at radius 3 is 2.57 bits per heavy atom. The highest BCUT2D eigenvalue weighted by Crippen LogP contribution is 2.26. The van der Waals surface area contributed by atoms with Crippen molar-refractivity contribution in [1.82, 2.24) is 5.32 Å². The number of carbonyl (C=O) groups is 1. The Hall–Kier alpha value is -1.70. The normalized spacial score (nSPS) is 25.1. The quantitative estimate of drug-likeness (QED) is 0.621. The molecule has 0 unspecified atom stereocenters. The highest BCUT2D eigenvalue weighted by molar-refractivity contribution is 5.73. The lowest BCUT2D eigenvalue weighted by molar-refractivity contribution is -0.120. The van der Waals surface area contributed by atoms with Gasteiger partial charge in [0.05, 0.1) is 31.5 Å². The Labute approximate surface area is 178 Å². The number of amides is 1. The molecule has 1 aliphatic heterocycles. The summed E-state index contributed by atoms with van der Waals surface area (Å²) in [6, 6.07) is 4.96. The molecule has 1 aromatic carbocycles. The van der Waals surface area contributed by atoms with Crippen LogP contribution < -0.4 is 10.1 Å². The van der Waals surface area contributed by atoms with Crippen LogP contribution in [0.5, 0.6) is 5.75 Å². The molecule has 1 aromatic rings. The number of halogens is 1. The SMILES string of the molecule is CC(=O)N[C@@H](C)COC1CCC(OCc2ccc(OC[C@H]3CCCO3)cc2F)CC1. The summed E-state index contributed by atoms with van der Waals surface area (Å²) in [6.45, 7) is 5.46. The van der Waals surface area contributed by atoms with Crippen LogP contribution in [0.25, 0.3) is 0 Å². The van der Waals surface area contributed by atoms with Crippen LogP contribution in [0.2, 0.25) is 0 Å². The second-order valence-corrected chi connectivity index (χ2v) is 8.34. The van der Waals surface area contributed by atoms with Gasteiger partial charge in [-0.1, -0.05) is 6.07 Å². The summed E-state index contributed by atoms with van der Waals surface area (Å²) >= 11 is 0. The molecule has 168 valence electrons. The minimum Gasteiger partial charge on any atom is -0.491 e. The maximum atomic E-state index is 14.4. The van der Waals surface area contributed by atoms with E-state index in [4.69, 9.17) is 18.9 Å². The van der Waals surface area contributed by atoms with Gasteiger partial charge >= 0.3 is 0 Å². The van der Waals surface area contributed by atoms with E-state index in [2.05, 4.69) is 5.32 Å². The van der Waals surface area contributed by atoms with E-state index in [-0.39, 0.29) is 42.7 Å². The Morgan fingerprint density at radius 1 is 1.20 bits per heavy atom. The molecule has 6 nitrogen and oxygen atoms in total. The molecule has 1 N–H and O–H groups in total. The smallest absolute Gasteiger partial charge is 0.217 e. The van der Waals surface area contributed by atoms with Crippen molar-refractivity contribution in [2.24, 2.45) is 0 Å². The number of hydrogen-bond donors (Lipinski definition) is 1. The molecule has 7 heteroatoms. The number of ether oxygens (including phenoxy) is 4. The van der Waals surface area contributed by atoms with Crippen LogP contribution in [0.15, 0.2) is 18.2 Å². The van der Waals surface area contributed by atoms with Gasteiger partial charge in [-0.25, -0.2) is 4.39 Å². The maximum Gasteiger partial charge on any atom is 0.217 e. The van der Waals surface area contributed by atoms with Crippen LogP contribution in [-0.4, -0.2) is 50.1 Å². The van der Waals surface area contributed by atoms with Crippen LogP contribution in [0, 0.1) is 5.82 Å². The molecule has 0 bridgehead atoms. The van der Waals surface area contributed by atoms with E-state index >= 15 is 0 Å². The monoisotopic (exact) mass is 423 g/mol. The van der Waals surface area contributed by atoms with Crippen molar-refractivity contribution in [3.05, 3.63) is 29.6 Å². The van der Waals surface area contributed by atoms with Crippen molar-refractivity contribution in [2.75, 3.05) is 19.8 Å². The number of nitrogens with one attached hydrogen (secondary N) is 1. The van der Waals surface area contributed by atoms with E-state index in [0.29, 0.717) is 24.5 Å². The fourth-order valence-corrected chi connectivity index (χ4v) is 3.94. The number of rotatable bonds is 10. The van der Waals surface area contributed by atoms with Gasteiger partial charge in [0.25, 0.3) is 0 Å². The first-order valence-electron chi connectivity index (χ1n) is 11.0. The van der Waals surface area contributed by atoms with E-state index in [1.54, 1.807) is 12.1 Å². The average Bonchev–Trinajstić information content (AvgIpc) is 3.24. The zero-order valence-electron chi connectivity index (χ0n) is 18.0. The van der Waals surface area contributed by atoms with Gasteiger partial charge in [0, 0.05) is 31.2 Å². The summed E-state index contributed by atoms with van der Waals surface area (Å²) in [5, 5.41) is 2.82. The van der Waals surface area contributed by atoms with E-state index in [0.717, 1.165) is 45.1 Å². The minimum absolute atomic E-state index is 0.0112. The predicted octanol–water partition coefficient (Wildman–Crippen LogP) is 3.75. The Balaban J connectivity index is 1.34. The molecule has 0 aromatic heterocycles. The topological polar surface area (TPSA) is 66.0 Å². The lowest BCUT2D eigenvalue weighted by Crippen LogP contribution is -2.36. The third-order valence-corrected chi connectivity index (χ3v) is 5.61. The Kier molecular flexibility index (Phi) is 8.90. The second kappa shape index (κ2) is 11.6. The highest BCUT2D eigenvalue weighted by Gasteiger charge is 2.23. The third-order valence-electron chi connectivity index (χ3n) is 5.61. The van der Waals surface area contributed by atoms with Gasteiger partial charge in [-0.15, -0.1) is 0 Å². The fourth-order valence-electron chi connectivity index (χ4n) is 3.94. The van der Waals surface area contributed by atoms with Crippen molar-refractivity contribution in [3.63, 3.8) is 0 Å². The van der Waals surface area contributed by atoms with Gasteiger partial charge in [0.15, 0.2) is 0 Å². The van der Waals surface area contributed by atoms with Crippen molar-refractivity contribution in [1.29, 1.82) is 0 Å². The largest absolute Gasteiger partial charge is 0.491 e. The number of benzene rings is 1.